The lowest BCUT2D eigenvalue weighted by atomic mass is 10.1. The maximum Gasteiger partial charge on any atom is 0.142 e. The average Bonchev–Trinajstić information content (AvgIpc) is 2.94. The number of rotatable bonds is 5. The molecular weight excluding hydrogens is 262 g/mol. The smallest absolute Gasteiger partial charge is 0.142 e. The Morgan fingerprint density at radius 1 is 1.10 bits per heavy atom. The third-order valence-electron chi connectivity index (χ3n) is 3.32. The van der Waals surface area contributed by atoms with E-state index >= 15 is 0 Å². The van der Waals surface area contributed by atoms with Crippen molar-refractivity contribution in [2.75, 3.05) is 0 Å². The second-order valence-electron chi connectivity index (χ2n) is 4.83. The maximum atomic E-state index is 8.64. The second-order valence-corrected chi connectivity index (χ2v) is 4.83. The van der Waals surface area contributed by atoms with Crippen molar-refractivity contribution < 1.29 is 4.84 Å². The molecular formula is C17H15N3O. The molecule has 4 nitrogen and oxygen atoms in total. The van der Waals surface area contributed by atoms with Crippen LogP contribution in [-0.4, -0.2) is 9.94 Å². The van der Waals surface area contributed by atoms with Gasteiger partial charge in [0.15, 0.2) is 0 Å². The summed E-state index contributed by atoms with van der Waals surface area (Å²) in [7, 11) is 0. The molecule has 3 aromatic rings. The topological polar surface area (TPSA) is 50.8 Å². The van der Waals surface area contributed by atoms with Crippen molar-refractivity contribution in [1.29, 1.82) is 5.26 Å². The first kappa shape index (κ1) is 13.2. The van der Waals surface area contributed by atoms with Crippen LogP contribution in [0.1, 0.15) is 17.5 Å². The Balaban J connectivity index is 1.76. The molecule has 0 fully saturated rings. The predicted molar refractivity (Wildman–Crippen MR) is 80.4 cm³/mol. The SMILES string of the molecule is N#CCCc1ccc2c(cnn2OCc2ccccc2)c1. The molecule has 21 heavy (non-hydrogen) atoms. The Kier molecular flexibility index (Phi) is 3.83. The monoisotopic (exact) mass is 277 g/mol. The van der Waals surface area contributed by atoms with E-state index in [2.05, 4.69) is 17.2 Å². The highest BCUT2D eigenvalue weighted by molar-refractivity contribution is 5.79. The lowest BCUT2D eigenvalue weighted by Gasteiger charge is -2.06. The van der Waals surface area contributed by atoms with E-state index in [4.69, 9.17) is 10.1 Å². The van der Waals surface area contributed by atoms with Gasteiger partial charge in [-0.05, 0) is 29.7 Å². The molecule has 0 radical (unpaired) electrons. The highest BCUT2D eigenvalue weighted by Gasteiger charge is 2.05. The zero-order valence-corrected chi connectivity index (χ0v) is 11.6. The Hall–Kier alpha value is -2.80. The van der Waals surface area contributed by atoms with Crippen LogP contribution in [-0.2, 0) is 13.0 Å². The molecule has 0 amide bonds. The minimum atomic E-state index is 0.480. The van der Waals surface area contributed by atoms with E-state index < -0.39 is 0 Å². The molecule has 0 unspecified atom stereocenters. The largest absolute Gasteiger partial charge is 0.391 e. The van der Waals surface area contributed by atoms with Gasteiger partial charge in [0.05, 0.1) is 12.3 Å². The molecule has 1 aromatic heterocycles. The lowest BCUT2D eigenvalue weighted by Crippen LogP contribution is -2.12. The number of benzene rings is 2. The van der Waals surface area contributed by atoms with E-state index in [9.17, 15) is 0 Å². The van der Waals surface area contributed by atoms with E-state index in [0.717, 1.165) is 28.5 Å². The molecule has 104 valence electrons. The molecule has 0 saturated heterocycles. The minimum Gasteiger partial charge on any atom is -0.391 e. The third kappa shape index (κ3) is 3.03. The number of hydrogen-bond donors (Lipinski definition) is 0. The van der Waals surface area contributed by atoms with Crippen molar-refractivity contribution in [2.24, 2.45) is 0 Å². The molecule has 0 aliphatic rings. The van der Waals surface area contributed by atoms with E-state index in [1.54, 1.807) is 11.0 Å². The van der Waals surface area contributed by atoms with Crippen molar-refractivity contribution in [1.82, 2.24) is 9.94 Å². The van der Waals surface area contributed by atoms with Crippen LogP contribution in [0.4, 0.5) is 0 Å². The summed E-state index contributed by atoms with van der Waals surface area (Å²) in [5.74, 6) is 0. The normalized spacial score (nSPS) is 10.4. The second kappa shape index (κ2) is 6.10. The highest BCUT2D eigenvalue weighted by atomic mass is 16.7. The highest BCUT2D eigenvalue weighted by Crippen LogP contribution is 2.16. The van der Waals surface area contributed by atoms with E-state index in [1.165, 1.54) is 0 Å². The van der Waals surface area contributed by atoms with Crippen LogP contribution < -0.4 is 4.84 Å². The summed E-state index contributed by atoms with van der Waals surface area (Å²) < 4.78 is 0. The van der Waals surface area contributed by atoms with Crippen LogP contribution in [0.25, 0.3) is 10.9 Å². The number of nitrogens with zero attached hydrogens (tertiary/aromatic N) is 3. The zero-order valence-electron chi connectivity index (χ0n) is 11.6. The van der Waals surface area contributed by atoms with Crippen molar-refractivity contribution in [3.05, 3.63) is 65.9 Å². The van der Waals surface area contributed by atoms with Gasteiger partial charge in [-0.2, -0.15) is 5.26 Å². The van der Waals surface area contributed by atoms with Gasteiger partial charge in [0.2, 0.25) is 0 Å². The number of fused-ring (bicyclic) bond motifs is 1. The molecule has 2 aromatic carbocycles. The molecule has 0 spiro atoms. The van der Waals surface area contributed by atoms with Gasteiger partial charge in [-0.25, -0.2) is 0 Å². The Morgan fingerprint density at radius 2 is 1.95 bits per heavy atom. The number of hydrogen-bond acceptors (Lipinski definition) is 3. The first-order valence-corrected chi connectivity index (χ1v) is 6.87. The summed E-state index contributed by atoms with van der Waals surface area (Å²) in [6.45, 7) is 0.480. The van der Waals surface area contributed by atoms with Gasteiger partial charge in [0.25, 0.3) is 0 Å². The Labute approximate surface area is 123 Å². The van der Waals surface area contributed by atoms with Crippen LogP contribution in [0, 0.1) is 11.3 Å². The number of aryl methyl sites for hydroxylation is 1. The first-order chi connectivity index (χ1) is 10.4. The van der Waals surface area contributed by atoms with Gasteiger partial charge in [-0.3, -0.25) is 0 Å². The van der Waals surface area contributed by atoms with Gasteiger partial charge in [-0.1, -0.05) is 41.2 Å². The summed E-state index contributed by atoms with van der Waals surface area (Å²) in [6, 6.07) is 18.2. The molecule has 0 aliphatic carbocycles. The van der Waals surface area contributed by atoms with E-state index in [0.29, 0.717) is 13.0 Å². The van der Waals surface area contributed by atoms with Crippen LogP contribution >= 0.6 is 0 Å². The Bertz CT molecular complexity index is 772. The quantitative estimate of drug-likeness (QED) is 0.720. The zero-order chi connectivity index (χ0) is 14.5. The van der Waals surface area contributed by atoms with Crippen molar-refractivity contribution in [2.45, 2.75) is 19.4 Å². The predicted octanol–water partition coefficient (Wildman–Crippen LogP) is 3.12. The van der Waals surface area contributed by atoms with Crippen LogP contribution in [0.15, 0.2) is 54.7 Å². The minimum absolute atomic E-state index is 0.480. The van der Waals surface area contributed by atoms with Crippen LogP contribution in [0.3, 0.4) is 0 Å². The van der Waals surface area contributed by atoms with Crippen molar-refractivity contribution in [3.8, 4) is 6.07 Å². The molecule has 1 heterocycles. The lowest BCUT2D eigenvalue weighted by molar-refractivity contribution is 0.0795. The fourth-order valence-corrected chi connectivity index (χ4v) is 2.23. The van der Waals surface area contributed by atoms with Gasteiger partial charge in [0, 0.05) is 11.8 Å². The molecule has 0 aliphatic heterocycles. The van der Waals surface area contributed by atoms with Gasteiger partial charge >= 0.3 is 0 Å². The van der Waals surface area contributed by atoms with E-state index in [-0.39, 0.29) is 0 Å². The number of nitriles is 1. The Morgan fingerprint density at radius 3 is 2.76 bits per heavy atom. The summed E-state index contributed by atoms with van der Waals surface area (Å²) >= 11 is 0. The third-order valence-corrected chi connectivity index (χ3v) is 3.32. The van der Waals surface area contributed by atoms with E-state index in [1.807, 2.05) is 42.5 Å². The standard InChI is InChI=1S/C17H15N3O/c18-10-4-7-14-8-9-17-16(11-14)12-19-20(17)21-13-15-5-2-1-3-6-15/h1-3,5-6,8-9,11-12H,4,7,13H2. The molecule has 0 atom stereocenters. The molecule has 4 heteroatoms. The number of aromatic nitrogens is 2. The summed E-state index contributed by atoms with van der Waals surface area (Å²) in [5.41, 5.74) is 3.19. The maximum absolute atomic E-state index is 8.64. The molecule has 3 rings (SSSR count). The molecule has 0 bridgehead atoms. The fourth-order valence-electron chi connectivity index (χ4n) is 2.23. The van der Waals surface area contributed by atoms with Gasteiger partial charge < -0.3 is 4.84 Å². The van der Waals surface area contributed by atoms with Gasteiger partial charge in [0.1, 0.15) is 12.1 Å². The van der Waals surface area contributed by atoms with Crippen LogP contribution in [0.5, 0.6) is 0 Å². The summed E-state index contributed by atoms with van der Waals surface area (Å²) in [5, 5.41) is 13.9. The average molecular weight is 277 g/mol. The van der Waals surface area contributed by atoms with Gasteiger partial charge in [-0.15, -0.1) is 5.10 Å². The molecule has 0 saturated carbocycles. The summed E-state index contributed by atoms with van der Waals surface area (Å²) in [4.78, 5) is 7.27. The van der Waals surface area contributed by atoms with Crippen molar-refractivity contribution >= 4 is 10.9 Å². The fraction of sp³-hybridized carbons (Fsp3) is 0.176. The first-order valence-electron chi connectivity index (χ1n) is 6.87. The molecule has 0 N–H and O–H groups in total. The van der Waals surface area contributed by atoms with Crippen molar-refractivity contribution in [3.63, 3.8) is 0 Å². The summed E-state index contributed by atoms with van der Waals surface area (Å²) in [6.07, 6.45) is 3.09. The van der Waals surface area contributed by atoms with Crippen LogP contribution in [0.2, 0.25) is 0 Å².